The second kappa shape index (κ2) is 11.6. The lowest BCUT2D eigenvalue weighted by molar-refractivity contribution is -0.132. The zero-order valence-corrected chi connectivity index (χ0v) is 20.8. The summed E-state index contributed by atoms with van der Waals surface area (Å²) in [4.78, 5) is 42.3. The minimum Gasteiger partial charge on any atom is -0.340 e. The van der Waals surface area contributed by atoms with Crippen molar-refractivity contribution in [2.45, 2.75) is 20.3 Å². The van der Waals surface area contributed by atoms with Gasteiger partial charge in [-0.3, -0.25) is 19.3 Å². The Bertz CT molecular complexity index is 1250. The van der Waals surface area contributed by atoms with Crippen molar-refractivity contribution in [3.63, 3.8) is 0 Å². The fourth-order valence-electron chi connectivity index (χ4n) is 4.34. The van der Waals surface area contributed by atoms with E-state index in [0.29, 0.717) is 49.5 Å². The number of amides is 3. The number of para-hydroxylation sites is 1. The molecule has 0 bridgehead atoms. The number of carbonyl (C=O) groups excluding carboxylic acids is 3. The van der Waals surface area contributed by atoms with Crippen molar-refractivity contribution >= 4 is 29.1 Å². The normalized spacial score (nSPS) is 13.8. The Morgan fingerprint density at radius 2 is 1.53 bits per heavy atom. The molecular formula is C29H32N4O3. The SMILES string of the molecule is Cc1cccc(NC(=O)c2ccccc2NC(=O)CN2CCN(C(=O)Cc3ccccc3C)CC2)c1. The molecule has 0 saturated carbocycles. The monoisotopic (exact) mass is 484 g/mol. The van der Waals surface area contributed by atoms with Gasteiger partial charge in [0.2, 0.25) is 11.8 Å². The maximum atomic E-state index is 12.9. The smallest absolute Gasteiger partial charge is 0.257 e. The van der Waals surface area contributed by atoms with E-state index in [-0.39, 0.29) is 24.3 Å². The summed E-state index contributed by atoms with van der Waals surface area (Å²) in [5.74, 6) is -0.357. The molecule has 1 aliphatic rings. The van der Waals surface area contributed by atoms with Crippen molar-refractivity contribution in [1.29, 1.82) is 0 Å². The first-order chi connectivity index (χ1) is 17.4. The van der Waals surface area contributed by atoms with E-state index in [1.165, 1.54) is 0 Å². The predicted octanol–water partition coefficient (Wildman–Crippen LogP) is 3.88. The second-order valence-electron chi connectivity index (χ2n) is 9.18. The lowest BCUT2D eigenvalue weighted by Crippen LogP contribution is -2.50. The van der Waals surface area contributed by atoms with Gasteiger partial charge in [0.15, 0.2) is 0 Å². The van der Waals surface area contributed by atoms with E-state index < -0.39 is 0 Å². The second-order valence-corrected chi connectivity index (χ2v) is 9.18. The van der Waals surface area contributed by atoms with E-state index in [2.05, 4.69) is 10.6 Å². The van der Waals surface area contributed by atoms with Gasteiger partial charge in [0.25, 0.3) is 5.91 Å². The molecule has 3 aromatic carbocycles. The van der Waals surface area contributed by atoms with E-state index in [9.17, 15) is 14.4 Å². The summed E-state index contributed by atoms with van der Waals surface area (Å²) in [5, 5.41) is 5.78. The molecule has 186 valence electrons. The molecule has 3 amide bonds. The van der Waals surface area contributed by atoms with Crippen LogP contribution in [0.2, 0.25) is 0 Å². The fourth-order valence-corrected chi connectivity index (χ4v) is 4.34. The largest absolute Gasteiger partial charge is 0.340 e. The lowest BCUT2D eigenvalue weighted by atomic mass is 10.1. The van der Waals surface area contributed by atoms with Crippen LogP contribution in [0, 0.1) is 13.8 Å². The zero-order valence-electron chi connectivity index (χ0n) is 20.8. The number of nitrogens with zero attached hydrogens (tertiary/aromatic N) is 2. The summed E-state index contributed by atoms with van der Waals surface area (Å²) in [6.45, 7) is 6.62. The summed E-state index contributed by atoms with van der Waals surface area (Å²) < 4.78 is 0. The average Bonchev–Trinajstić information content (AvgIpc) is 2.86. The summed E-state index contributed by atoms with van der Waals surface area (Å²) in [7, 11) is 0. The minimum atomic E-state index is -0.280. The number of anilines is 2. The molecule has 2 N–H and O–H groups in total. The van der Waals surface area contributed by atoms with Gasteiger partial charge in [-0.15, -0.1) is 0 Å². The number of nitrogens with one attached hydrogen (secondary N) is 2. The summed E-state index contributed by atoms with van der Waals surface area (Å²) >= 11 is 0. The third kappa shape index (κ3) is 6.58. The van der Waals surface area contributed by atoms with Crippen LogP contribution >= 0.6 is 0 Å². The van der Waals surface area contributed by atoms with Crippen molar-refractivity contribution in [3.8, 4) is 0 Å². The molecule has 7 nitrogen and oxygen atoms in total. The highest BCUT2D eigenvalue weighted by Crippen LogP contribution is 2.18. The predicted molar refractivity (Wildman–Crippen MR) is 142 cm³/mol. The molecule has 0 unspecified atom stereocenters. The highest BCUT2D eigenvalue weighted by atomic mass is 16.2. The molecule has 1 aliphatic heterocycles. The topological polar surface area (TPSA) is 81.8 Å². The molecule has 0 atom stereocenters. The van der Waals surface area contributed by atoms with E-state index in [1.54, 1.807) is 24.3 Å². The van der Waals surface area contributed by atoms with Crippen molar-refractivity contribution in [3.05, 3.63) is 95.1 Å². The minimum absolute atomic E-state index is 0.113. The van der Waals surface area contributed by atoms with Crippen molar-refractivity contribution in [2.24, 2.45) is 0 Å². The van der Waals surface area contributed by atoms with Gasteiger partial charge in [-0.1, -0.05) is 48.5 Å². The molecule has 3 aromatic rings. The Balaban J connectivity index is 1.29. The van der Waals surface area contributed by atoms with Gasteiger partial charge in [-0.25, -0.2) is 0 Å². The number of aryl methyl sites for hydroxylation is 2. The number of piperazine rings is 1. The molecule has 0 spiro atoms. The molecule has 36 heavy (non-hydrogen) atoms. The highest BCUT2D eigenvalue weighted by molar-refractivity contribution is 6.10. The Morgan fingerprint density at radius 1 is 0.806 bits per heavy atom. The van der Waals surface area contributed by atoms with E-state index in [4.69, 9.17) is 0 Å². The van der Waals surface area contributed by atoms with Crippen LogP contribution in [0.25, 0.3) is 0 Å². The summed E-state index contributed by atoms with van der Waals surface area (Å²) in [6, 6.07) is 22.5. The molecule has 0 aromatic heterocycles. The maximum Gasteiger partial charge on any atom is 0.257 e. The van der Waals surface area contributed by atoms with Crippen molar-refractivity contribution in [1.82, 2.24) is 9.80 Å². The Kier molecular flexibility index (Phi) is 8.13. The number of hydrogen-bond acceptors (Lipinski definition) is 4. The van der Waals surface area contributed by atoms with Crippen molar-refractivity contribution in [2.75, 3.05) is 43.4 Å². The Labute approximate surface area is 212 Å². The van der Waals surface area contributed by atoms with Crippen LogP contribution in [-0.4, -0.2) is 60.2 Å². The molecule has 0 radical (unpaired) electrons. The molecule has 1 saturated heterocycles. The molecule has 7 heteroatoms. The zero-order chi connectivity index (χ0) is 25.5. The lowest BCUT2D eigenvalue weighted by Gasteiger charge is -2.34. The third-order valence-corrected chi connectivity index (χ3v) is 6.42. The summed E-state index contributed by atoms with van der Waals surface area (Å²) in [5.41, 5.74) is 4.80. The molecule has 4 rings (SSSR count). The maximum absolute atomic E-state index is 12.9. The van der Waals surface area contributed by atoms with Crippen molar-refractivity contribution < 1.29 is 14.4 Å². The average molecular weight is 485 g/mol. The first kappa shape index (κ1) is 25.1. The number of benzene rings is 3. The van der Waals surface area contributed by atoms with Crippen LogP contribution in [0.1, 0.15) is 27.0 Å². The van der Waals surface area contributed by atoms with Gasteiger partial charge in [-0.2, -0.15) is 0 Å². The van der Waals surface area contributed by atoms with Gasteiger partial charge < -0.3 is 15.5 Å². The van der Waals surface area contributed by atoms with E-state index >= 15 is 0 Å². The van der Waals surface area contributed by atoms with Gasteiger partial charge in [0.05, 0.1) is 24.2 Å². The van der Waals surface area contributed by atoms with Gasteiger partial charge in [0, 0.05) is 31.9 Å². The van der Waals surface area contributed by atoms with Gasteiger partial charge in [0.1, 0.15) is 0 Å². The third-order valence-electron chi connectivity index (χ3n) is 6.42. The first-order valence-electron chi connectivity index (χ1n) is 12.2. The van der Waals surface area contributed by atoms with E-state index in [0.717, 1.165) is 16.7 Å². The van der Waals surface area contributed by atoms with Crippen LogP contribution in [0.15, 0.2) is 72.8 Å². The van der Waals surface area contributed by atoms with Crippen LogP contribution in [0.3, 0.4) is 0 Å². The highest BCUT2D eigenvalue weighted by Gasteiger charge is 2.23. The van der Waals surface area contributed by atoms with Crippen LogP contribution in [-0.2, 0) is 16.0 Å². The molecule has 1 heterocycles. The van der Waals surface area contributed by atoms with Crippen LogP contribution < -0.4 is 10.6 Å². The molecule has 0 aliphatic carbocycles. The Morgan fingerprint density at radius 3 is 2.28 bits per heavy atom. The summed E-state index contributed by atoms with van der Waals surface area (Å²) in [6.07, 6.45) is 0.397. The number of rotatable bonds is 7. The Hall–Kier alpha value is -3.97. The molecular weight excluding hydrogens is 452 g/mol. The number of hydrogen-bond donors (Lipinski definition) is 2. The fraction of sp³-hybridized carbons (Fsp3) is 0.276. The first-order valence-corrected chi connectivity index (χ1v) is 12.2. The molecule has 1 fully saturated rings. The van der Waals surface area contributed by atoms with Crippen LogP contribution in [0.4, 0.5) is 11.4 Å². The van der Waals surface area contributed by atoms with Gasteiger partial charge >= 0.3 is 0 Å². The van der Waals surface area contributed by atoms with Gasteiger partial charge in [-0.05, 0) is 54.8 Å². The standard InChI is InChI=1S/C29H32N4O3/c1-21-8-7-11-24(18-21)30-29(36)25-12-5-6-13-26(25)31-27(34)20-32-14-16-33(17-15-32)28(35)19-23-10-4-3-9-22(23)2/h3-13,18H,14-17,19-20H2,1-2H3,(H,30,36)(H,31,34). The number of carbonyl (C=O) groups is 3. The quantitative estimate of drug-likeness (QED) is 0.533. The van der Waals surface area contributed by atoms with E-state index in [1.807, 2.05) is 72.2 Å². The van der Waals surface area contributed by atoms with Crippen LogP contribution in [0.5, 0.6) is 0 Å².